The molecule has 0 bridgehead atoms. The van der Waals surface area contributed by atoms with Gasteiger partial charge >= 0.3 is 0 Å². The zero-order valence-corrected chi connectivity index (χ0v) is 15.8. The largest absolute Gasteiger partial charge is 0.497 e. The molecule has 0 saturated heterocycles. The number of nitrogens with zero attached hydrogens (tertiary/aromatic N) is 1. The summed E-state index contributed by atoms with van der Waals surface area (Å²) >= 11 is 0. The van der Waals surface area contributed by atoms with E-state index in [2.05, 4.69) is 5.32 Å². The maximum atomic E-state index is 12.3. The number of fused-ring (bicyclic) bond motifs is 1. The van der Waals surface area contributed by atoms with Crippen LogP contribution in [-0.2, 0) is 21.4 Å². The number of anilines is 1. The van der Waals surface area contributed by atoms with Gasteiger partial charge in [0.05, 0.1) is 19.1 Å². The summed E-state index contributed by atoms with van der Waals surface area (Å²) < 4.78 is 40.9. The van der Waals surface area contributed by atoms with Crippen LogP contribution < -0.4 is 23.8 Å². The number of ether oxygens (including phenoxy) is 3. The summed E-state index contributed by atoms with van der Waals surface area (Å²) in [5, 5.41) is 2.72. The van der Waals surface area contributed by atoms with E-state index in [4.69, 9.17) is 14.2 Å². The molecular formula is C18H20N2O6S. The summed E-state index contributed by atoms with van der Waals surface area (Å²) in [6, 6.07) is 11.8. The highest BCUT2D eigenvalue weighted by Gasteiger charge is 2.21. The number of nitrogens with one attached hydrogen (secondary N) is 1. The lowest BCUT2D eigenvalue weighted by atomic mass is 10.2. The van der Waals surface area contributed by atoms with Crippen molar-refractivity contribution in [2.75, 3.05) is 31.0 Å². The molecule has 144 valence electrons. The third kappa shape index (κ3) is 4.62. The predicted octanol–water partition coefficient (Wildman–Crippen LogP) is 1.51. The van der Waals surface area contributed by atoms with Gasteiger partial charge in [0.15, 0.2) is 11.5 Å². The van der Waals surface area contributed by atoms with E-state index in [0.29, 0.717) is 22.9 Å². The number of sulfonamides is 1. The van der Waals surface area contributed by atoms with Crippen molar-refractivity contribution in [2.24, 2.45) is 0 Å². The molecule has 2 aromatic rings. The van der Waals surface area contributed by atoms with Crippen LogP contribution in [0, 0.1) is 0 Å². The van der Waals surface area contributed by atoms with Crippen LogP contribution in [0.1, 0.15) is 5.56 Å². The molecule has 2 aromatic carbocycles. The maximum Gasteiger partial charge on any atom is 0.241 e. The molecule has 0 unspecified atom stereocenters. The van der Waals surface area contributed by atoms with Crippen LogP contribution in [0.15, 0.2) is 42.5 Å². The molecule has 1 amide bonds. The minimum Gasteiger partial charge on any atom is -0.497 e. The van der Waals surface area contributed by atoms with Gasteiger partial charge in [-0.15, -0.1) is 0 Å². The predicted molar refractivity (Wildman–Crippen MR) is 99.6 cm³/mol. The minimum atomic E-state index is -3.63. The van der Waals surface area contributed by atoms with E-state index in [1.54, 1.807) is 36.4 Å². The molecule has 8 nitrogen and oxygen atoms in total. The molecule has 0 fully saturated rings. The standard InChI is InChI=1S/C18H20N2O6S/c1-24-15-6-4-14(5-7-15)20(27(2,22)23)11-18(21)19-10-13-3-8-16-17(9-13)26-12-25-16/h3-9H,10-12H2,1-2H3,(H,19,21). The molecule has 9 heteroatoms. The lowest BCUT2D eigenvalue weighted by molar-refractivity contribution is -0.119. The van der Waals surface area contributed by atoms with Gasteiger partial charge in [-0.3, -0.25) is 9.10 Å². The van der Waals surface area contributed by atoms with Crippen LogP contribution in [0.3, 0.4) is 0 Å². The maximum absolute atomic E-state index is 12.3. The fraction of sp³-hybridized carbons (Fsp3) is 0.278. The van der Waals surface area contributed by atoms with Gasteiger partial charge in [-0.2, -0.15) is 0 Å². The number of hydrogen-bond donors (Lipinski definition) is 1. The Morgan fingerprint density at radius 1 is 1.15 bits per heavy atom. The van der Waals surface area contributed by atoms with Gasteiger partial charge < -0.3 is 19.5 Å². The van der Waals surface area contributed by atoms with Crippen LogP contribution in [0.5, 0.6) is 17.2 Å². The highest BCUT2D eigenvalue weighted by Crippen LogP contribution is 2.32. The van der Waals surface area contributed by atoms with Gasteiger partial charge in [0.2, 0.25) is 22.7 Å². The Labute approximate surface area is 157 Å². The number of carbonyl (C=O) groups excluding carboxylic acids is 1. The SMILES string of the molecule is COc1ccc(N(CC(=O)NCc2ccc3c(c2)OCO3)S(C)(=O)=O)cc1. The average Bonchev–Trinajstić information content (AvgIpc) is 3.11. The first-order valence-electron chi connectivity index (χ1n) is 8.14. The van der Waals surface area contributed by atoms with E-state index >= 15 is 0 Å². The highest BCUT2D eigenvalue weighted by molar-refractivity contribution is 7.92. The quantitative estimate of drug-likeness (QED) is 0.768. The van der Waals surface area contributed by atoms with E-state index in [1.807, 2.05) is 6.07 Å². The van der Waals surface area contributed by atoms with E-state index in [1.165, 1.54) is 7.11 Å². The second-order valence-electron chi connectivity index (χ2n) is 5.93. The van der Waals surface area contributed by atoms with Gasteiger partial charge in [-0.05, 0) is 42.0 Å². The molecule has 3 rings (SSSR count). The number of hydrogen-bond acceptors (Lipinski definition) is 6. The first-order valence-corrected chi connectivity index (χ1v) is 9.98. The molecule has 1 N–H and O–H groups in total. The molecule has 1 aliphatic heterocycles. The number of benzene rings is 2. The number of amides is 1. The summed E-state index contributed by atoms with van der Waals surface area (Å²) in [5.74, 6) is 1.46. The van der Waals surface area contributed by atoms with Crippen molar-refractivity contribution in [1.29, 1.82) is 0 Å². The summed E-state index contributed by atoms with van der Waals surface area (Å²) in [5.41, 5.74) is 1.21. The zero-order valence-electron chi connectivity index (χ0n) is 15.0. The van der Waals surface area contributed by atoms with Crippen LogP contribution >= 0.6 is 0 Å². The first-order chi connectivity index (χ1) is 12.9. The summed E-state index contributed by atoms with van der Waals surface area (Å²) in [4.78, 5) is 12.3. The second-order valence-corrected chi connectivity index (χ2v) is 7.84. The topological polar surface area (TPSA) is 94.2 Å². The Hall–Kier alpha value is -2.94. The molecule has 27 heavy (non-hydrogen) atoms. The van der Waals surface area contributed by atoms with Gasteiger partial charge in [0, 0.05) is 6.54 Å². The van der Waals surface area contributed by atoms with Crippen molar-refractivity contribution in [3.05, 3.63) is 48.0 Å². The Morgan fingerprint density at radius 2 is 1.85 bits per heavy atom. The van der Waals surface area contributed by atoms with Crippen LogP contribution in [0.25, 0.3) is 0 Å². The van der Waals surface area contributed by atoms with Crippen LogP contribution in [0.2, 0.25) is 0 Å². The highest BCUT2D eigenvalue weighted by atomic mass is 32.2. The molecule has 0 radical (unpaired) electrons. The Balaban J connectivity index is 1.65. The Bertz CT molecular complexity index is 927. The molecule has 1 aliphatic rings. The monoisotopic (exact) mass is 392 g/mol. The molecule has 1 heterocycles. The normalized spacial score (nSPS) is 12.5. The molecule has 0 atom stereocenters. The van der Waals surface area contributed by atoms with Crippen LogP contribution in [0.4, 0.5) is 5.69 Å². The lowest BCUT2D eigenvalue weighted by Gasteiger charge is -2.22. The third-order valence-electron chi connectivity index (χ3n) is 3.97. The molecular weight excluding hydrogens is 372 g/mol. The van der Waals surface area contributed by atoms with Crippen molar-refractivity contribution in [3.8, 4) is 17.2 Å². The summed E-state index contributed by atoms with van der Waals surface area (Å²) in [7, 11) is -2.11. The van der Waals surface area contributed by atoms with Crippen molar-refractivity contribution in [3.63, 3.8) is 0 Å². The molecule has 0 aromatic heterocycles. The number of methoxy groups -OCH3 is 1. The second kappa shape index (κ2) is 7.75. The van der Waals surface area contributed by atoms with Gasteiger partial charge in [0.1, 0.15) is 12.3 Å². The van der Waals surface area contributed by atoms with E-state index in [0.717, 1.165) is 16.1 Å². The summed E-state index contributed by atoms with van der Waals surface area (Å²) in [6.07, 6.45) is 1.06. The molecule has 0 spiro atoms. The lowest BCUT2D eigenvalue weighted by Crippen LogP contribution is -2.40. The van der Waals surface area contributed by atoms with E-state index in [9.17, 15) is 13.2 Å². The average molecular weight is 392 g/mol. The van der Waals surface area contributed by atoms with Crippen molar-refractivity contribution < 1.29 is 27.4 Å². The van der Waals surface area contributed by atoms with Crippen molar-refractivity contribution in [2.45, 2.75) is 6.54 Å². The number of carbonyl (C=O) groups is 1. The van der Waals surface area contributed by atoms with E-state index < -0.39 is 15.9 Å². The van der Waals surface area contributed by atoms with Crippen molar-refractivity contribution >= 4 is 21.6 Å². The Kier molecular flexibility index (Phi) is 5.41. The van der Waals surface area contributed by atoms with E-state index in [-0.39, 0.29) is 19.9 Å². The van der Waals surface area contributed by atoms with Gasteiger partial charge in [-0.1, -0.05) is 6.07 Å². The molecule has 0 aliphatic carbocycles. The number of rotatable bonds is 7. The third-order valence-corrected chi connectivity index (χ3v) is 5.12. The van der Waals surface area contributed by atoms with Gasteiger partial charge in [-0.25, -0.2) is 8.42 Å². The fourth-order valence-corrected chi connectivity index (χ4v) is 3.44. The Morgan fingerprint density at radius 3 is 2.52 bits per heavy atom. The molecule has 0 saturated carbocycles. The summed E-state index contributed by atoms with van der Waals surface area (Å²) in [6.45, 7) is 0.0989. The van der Waals surface area contributed by atoms with Crippen LogP contribution in [-0.4, -0.2) is 41.0 Å². The van der Waals surface area contributed by atoms with Gasteiger partial charge in [0.25, 0.3) is 0 Å². The minimum absolute atomic E-state index is 0.177. The van der Waals surface area contributed by atoms with Crippen molar-refractivity contribution in [1.82, 2.24) is 5.32 Å². The first kappa shape index (κ1) is 18.8. The zero-order chi connectivity index (χ0) is 19.4. The smallest absolute Gasteiger partial charge is 0.241 e. The fourth-order valence-electron chi connectivity index (χ4n) is 2.59.